The Morgan fingerprint density at radius 2 is 2.07 bits per heavy atom. The molecule has 1 atom stereocenters. The van der Waals surface area contributed by atoms with Gasteiger partial charge in [-0.1, -0.05) is 12.1 Å². The number of benzene rings is 1. The second kappa shape index (κ2) is 6.59. The highest BCUT2D eigenvalue weighted by Gasteiger charge is 2.40. The summed E-state index contributed by atoms with van der Waals surface area (Å²) in [7, 11) is 0. The number of para-hydroxylation sites is 1. The number of aryl methyl sites for hydroxylation is 1. The summed E-state index contributed by atoms with van der Waals surface area (Å²) in [6.45, 7) is 3.81. The van der Waals surface area contributed by atoms with Crippen molar-refractivity contribution in [3.8, 4) is 5.75 Å². The second-order valence-electron chi connectivity index (χ2n) is 6.13. The van der Waals surface area contributed by atoms with Gasteiger partial charge in [-0.05, 0) is 43.0 Å². The minimum Gasteiger partial charge on any atom is -0.462 e. The van der Waals surface area contributed by atoms with Crippen molar-refractivity contribution < 1.29 is 18.7 Å². The van der Waals surface area contributed by atoms with Crippen LogP contribution >= 0.6 is 11.3 Å². The number of hydrogen-bond acceptors (Lipinski definition) is 7. The number of hydrogen-bond donors (Lipinski definition) is 1. The molecule has 3 aromatic rings. The summed E-state index contributed by atoms with van der Waals surface area (Å²) in [5.41, 5.74) is 7.31. The molecule has 1 aromatic carbocycles. The average Bonchev–Trinajstić information content (AvgIpc) is 3.06. The van der Waals surface area contributed by atoms with Gasteiger partial charge in [0, 0.05) is 4.88 Å². The Balaban J connectivity index is 2.06. The van der Waals surface area contributed by atoms with E-state index in [0.717, 1.165) is 10.4 Å². The lowest BCUT2D eigenvalue weighted by Crippen LogP contribution is -2.31. The monoisotopic (exact) mass is 383 g/mol. The van der Waals surface area contributed by atoms with E-state index >= 15 is 0 Å². The minimum absolute atomic E-state index is 0.0606. The molecule has 0 radical (unpaired) electrons. The van der Waals surface area contributed by atoms with E-state index in [1.807, 2.05) is 24.4 Å². The van der Waals surface area contributed by atoms with Gasteiger partial charge in [-0.15, -0.1) is 11.3 Å². The SMILES string of the molecule is CCOC(=O)C1=C(N)Oc2c(c(=O)oc3ccccc23)[C@H]1c1sccc1C. The van der Waals surface area contributed by atoms with Crippen molar-refractivity contribution in [1.82, 2.24) is 0 Å². The fraction of sp³-hybridized carbons (Fsp3) is 0.200. The lowest BCUT2D eigenvalue weighted by molar-refractivity contribution is -0.139. The maximum Gasteiger partial charge on any atom is 0.344 e. The zero-order valence-corrected chi connectivity index (χ0v) is 15.6. The lowest BCUT2D eigenvalue weighted by atomic mass is 9.86. The zero-order valence-electron chi connectivity index (χ0n) is 14.8. The summed E-state index contributed by atoms with van der Waals surface area (Å²) in [5, 5.41) is 2.53. The summed E-state index contributed by atoms with van der Waals surface area (Å²) >= 11 is 1.44. The molecule has 0 amide bonds. The zero-order chi connectivity index (χ0) is 19.1. The number of fused-ring (bicyclic) bond motifs is 3. The van der Waals surface area contributed by atoms with Crippen LogP contribution in [0.2, 0.25) is 0 Å². The van der Waals surface area contributed by atoms with Crippen molar-refractivity contribution in [2.75, 3.05) is 6.61 Å². The van der Waals surface area contributed by atoms with E-state index in [1.165, 1.54) is 11.3 Å². The molecule has 2 N–H and O–H groups in total. The Labute approximate surface area is 158 Å². The van der Waals surface area contributed by atoms with Gasteiger partial charge < -0.3 is 19.6 Å². The fourth-order valence-electron chi connectivity index (χ4n) is 3.32. The predicted octanol–water partition coefficient (Wildman–Crippen LogP) is 3.42. The molecule has 0 aliphatic carbocycles. The molecule has 7 heteroatoms. The van der Waals surface area contributed by atoms with Gasteiger partial charge in [0.15, 0.2) is 5.75 Å². The molecule has 138 valence electrons. The van der Waals surface area contributed by atoms with Crippen LogP contribution in [0.5, 0.6) is 5.75 Å². The molecule has 0 saturated heterocycles. The number of nitrogens with two attached hydrogens (primary N) is 1. The van der Waals surface area contributed by atoms with Crippen molar-refractivity contribution in [3.05, 3.63) is 73.6 Å². The Bertz CT molecular complexity index is 1140. The quantitative estimate of drug-likeness (QED) is 0.550. The maximum atomic E-state index is 12.9. The molecular formula is C20H17NO5S. The van der Waals surface area contributed by atoms with Crippen molar-refractivity contribution in [3.63, 3.8) is 0 Å². The number of carbonyl (C=O) groups excluding carboxylic acids is 1. The number of esters is 1. The van der Waals surface area contributed by atoms with Crippen molar-refractivity contribution in [2.24, 2.45) is 5.73 Å². The van der Waals surface area contributed by atoms with Crippen LogP contribution in [0.25, 0.3) is 11.0 Å². The molecule has 2 aromatic heterocycles. The number of thiophene rings is 1. The summed E-state index contributed by atoms with van der Waals surface area (Å²) in [4.78, 5) is 26.3. The third kappa shape index (κ3) is 2.71. The summed E-state index contributed by atoms with van der Waals surface area (Å²) < 4.78 is 16.5. The first-order valence-electron chi connectivity index (χ1n) is 8.47. The largest absolute Gasteiger partial charge is 0.462 e. The summed E-state index contributed by atoms with van der Waals surface area (Å²) in [5.74, 6) is -1.04. The van der Waals surface area contributed by atoms with Gasteiger partial charge in [0.2, 0.25) is 5.88 Å². The summed E-state index contributed by atoms with van der Waals surface area (Å²) in [6.07, 6.45) is 0. The third-order valence-electron chi connectivity index (χ3n) is 4.51. The Morgan fingerprint density at radius 3 is 2.78 bits per heavy atom. The van der Waals surface area contributed by atoms with Crippen molar-refractivity contribution in [2.45, 2.75) is 19.8 Å². The normalized spacial score (nSPS) is 16.1. The van der Waals surface area contributed by atoms with Crippen LogP contribution in [-0.2, 0) is 9.53 Å². The standard InChI is InChI=1S/C20H17NO5S/c1-3-24-19(22)15-13(17-10(2)8-9-27-17)14-16(26-18(15)21)11-6-4-5-7-12(11)25-20(14)23/h4-9,13H,3,21H2,1-2H3/t13-/m1/s1. The molecule has 6 nitrogen and oxygen atoms in total. The van der Waals surface area contributed by atoms with Crippen LogP contribution in [0.1, 0.15) is 28.8 Å². The molecule has 0 fully saturated rings. The third-order valence-corrected chi connectivity index (χ3v) is 5.60. The van der Waals surface area contributed by atoms with Gasteiger partial charge in [0.05, 0.1) is 23.5 Å². The fourth-order valence-corrected chi connectivity index (χ4v) is 4.36. The van der Waals surface area contributed by atoms with E-state index in [2.05, 4.69) is 0 Å². The first-order chi connectivity index (χ1) is 13.0. The Hall–Kier alpha value is -3.06. The second-order valence-corrected chi connectivity index (χ2v) is 7.08. The van der Waals surface area contributed by atoms with E-state index in [0.29, 0.717) is 16.7 Å². The molecule has 0 spiro atoms. The highest BCUT2D eigenvalue weighted by Crippen LogP contribution is 2.46. The molecule has 0 unspecified atom stereocenters. The highest BCUT2D eigenvalue weighted by molar-refractivity contribution is 7.10. The smallest absolute Gasteiger partial charge is 0.344 e. The molecule has 4 rings (SSSR count). The van der Waals surface area contributed by atoms with Crippen LogP contribution in [0.4, 0.5) is 0 Å². The Kier molecular flexibility index (Phi) is 4.24. The highest BCUT2D eigenvalue weighted by atomic mass is 32.1. The van der Waals surface area contributed by atoms with E-state index in [9.17, 15) is 9.59 Å². The topological polar surface area (TPSA) is 91.8 Å². The molecule has 3 heterocycles. The van der Waals surface area contributed by atoms with E-state index in [-0.39, 0.29) is 23.6 Å². The van der Waals surface area contributed by atoms with Crippen molar-refractivity contribution in [1.29, 1.82) is 0 Å². The molecule has 0 bridgehead atoms. The number of carbonyl (C=O) groups is 1. The van der Waals surface area contributed by atoms with Crippen LogP contribution in [0, 0.1) is 6.92 Å². The maximum absolute atomic E-state index is 12.9. The first kappa shape index (κ1) is 17.4. The van der Waals surface area contributed by atoms with E-state index in [1.54, 1.807) is 25.1 Å². The van der Waals surface area contributed by atoms with Gasteiger partial charge in [0.25, 0.3) is 0 Å². The molecule has 27 heavy (non-hydrogen) atoms. The molecule has 1 aliphatic heterocycles. The van der Waals surface area contributed by atoms with Gasteiger partial charge in [-0.2, -0.15) is 0 Å². The lowest BCUT2D eigenvalue weighted by Gasteiger charge is -2.27. The summed E-state index contributed by atoms with van der Waals surface area (Å²) in [6, 6.07) is 8.99. The van der Waals surface area contributed by atoms with Gasteiger partial charge in [-0.25, -0.2) is 9.59 Å². The van der Waals surface area contributed by atoms with Crippen LogP contribution in [-0.4, -0.2) is 12.6 Å². The first-order valence-corrected chi connectivity index (χ1v) is 9.35. The van der Waals surface area contributed by atoms with Crippen LogP contribution in [0.15, 0.2) is 56.4 Å². The molecular weight excluding hydrogens is 366 g/mol. The van der Waals surface area contributed by atoms with Crippen LogP contribution < -0.4 is 16.1 Å². The van der Waals surface area contributed by atoms with Crippen LogP contribution in [0.3, 0.4) is 0 Å². The molecule has 0 saturated carbocycles. The number of ether oxygens (including phenoxy) is 2. The predicted molar refractivity (Wildman–Crippen MR) is 102 cm³/mol. The average molecular weight is 383 g/mol. The van der Waals surface area contributed by atoms with Gasteiger partial charge in [0.1, 0.15) is 11.2 Å². The van der Waals surface area contributed by atoms with E-state index in [4.69, 9.17) is 19.6 Å². The van der Waals surface area contributed by atoms with E-state index < -0.39 is 17.5 Å². The Morgan fingerprint density at radius 1 is 1.30 bits per heavy atom. The van der Waals surface area contributed by atoms with Crippen molar-refractivity contribution >= 4 is 28.3 Å². The molecule has 1 aliphatic rings. The number of rotatable bonds is 3. The van der Waals surface area contributed by atoms with Gasteiger partial charge >= 0.3 is 11.6 Å². The van der Waals surface area contributed by atoms with Gasteiger partial charge in [-0.3, -0.25) is 0 Å². The minimum atomic E-state index is -0.700.